The van der Waals surface area contributed by atoms with Crippen LogP contribution in [0.15, 0.2) is 42.5 Å². The van der Waals surface area contributed by atoms with E-state index in [1.165, 1.54) is 24.1 Å². The van der Waals surface area contributed by atoms with E-state index in [0.717, 1.165) is 17.0 Å². The van der Waals surface area contributed by atoms with Crippen molar-refractivity contribution in [3.63, 3.8) is 0 Å². The first-order valence-corrected chi connectivity index (χ1v) is 12.4. The number of aliphatic hydroxyl groups excluding tert-OH is 2. The summed E-state index contributed by atoms with van der Waals surface area (Å²) in [6.45, 7) is -0.429. The van der Waals surface area contributed by atoms with E-state index < -0.39 is 90.6 Å². The number of halogens is 5. The Balaban J connectivity index is 1.61. The van der Waals surface area contributed by atoms with Crippen molar-refractivity contribution >= 4 is 17.6 Å². The summed E-state index contributed by atoms with van der Waals surface area (Å²) in [6.07, 6.45) is -1.25. The normalized spacial score (nSPS) is 15.5. The van der Waals surface area contributed by atoms with Gasteiger partial charge in [-0.15, -0.1) is 0 Å². The first kappa shape index (κ1) is 29.7. The molecule has 218 valence electrons. The van der Waals surface area contributed by atoms with Gasteiger partial charge in [-0.1, -0.05) is 6.07 Å². The molecule has 8 nitrogen and oxygen atoms in total. The number of aliphatic hydroxyl groups is 2. The fraction of sp³-hybridized carbons (Fsp3) is 0.286. The highest BCUT2D eigenvalue weighted by molar-refractivity contribution is 5.99. The molecule has 13 heteroatoms. The molecule has 1 aliphatic rings. The van der Waals surface area contributed by atoms with E-state index in [1.807, 2.05) is 0 Å². The van der Waals surface area contributed by atoms with E-state index in [4.69, 9.17) is 9.84 Å². The van der Waals surface area contributed by atoms with Crippen molar-refractivity contribution in [2.45, 2.75) is 32.2 Å². The Morgan fingerprint density at radius 3 is 2.22 bits per heavy atom. The van der Waals surface area contributed by atoms with Crippen molar-refractivity contribution in [3.8, 4) is 5.75 Å². The third-order valence-electron chi connectivity index (χ3n) is 6.76. The van der Waals surface area contributed by atoms with Crippen LogP contribution in [0, 0.1) is 29.1 Å². The van der Waals surface area contributed by atoms with Gasteiger partial charge in [0.25, 0.3) is 5.91 Å². The van der Waals surface area contributed by atoms with Gasteiger partial charge in [0.1, 0.15) is 47.5 Å². The van der Waals surface area contributed by atoms with Gasteiger partial charge in [-0.2, -0.15) is 0 Å². The third kappa shape index (κ3) is 6.25. The number of hydrogen-bond donors (Lipinski definition) is 3. The molecule has 41 heavy (non-hydrogen) atoms. The summed E-state index contributed by atoms with van der Waals surface area (Å²) in [5.74, 6) is -6.53. The number of hydrogen-bond acceptors (Lipinski definition) is 5. The zero-order chi connectivity index (χ0) is 30.0. The van der Waals surface area contributed by atoms with Crippen molar-refractivity contribution < 1.29 is 46.5 Å². The van der Waals surface area contributed by atoms with Crippen LogP contribution in [0.25, 0.3) is 0 Å². The monoisotopic (exact) mass is 579 g/mol. The number of nitrogens with one attached hydrogen (secondary N) is 1. The molecular formula is C28H26F5N3O5. The maximum atomic E-state index is 15.0. The molecule has 2 atom stereocenters. The predicted molar refractivity (Wildman–Crippen MR) is 137 cm³/mol. The van der Waals surface area contributed by atoms with Crippen LogP contribution in [0.4, 0.5) is 32.4 Å². The number of ether oxygens (including phenoxy) is 1. The molecule has 3 N–H and O–H groups in total. The number of rotatable bonds is 9. The van der Waals surface area contributed by atoms with Crippen LogP contribution < -0.4 is 15.0 Å². The molecule has 0 bridgehead atoms. The zero-order valence-corrected chi connectivity index (χ0v) is 21.9. The molecule has 1 unspecified atom stereocenters. The highest BCUT2D eigenvalue weighted by Crippen LogP contribution is 2.38. The smallest absolute Gasteiger partial charge is 0.325 e. The van der Waals surface area contributed by atoms with Crippen LogP contribution in [-0.4, -0.2) is 53.4 Å². The molecule has 0 fully saturated rings. The highest BCUT2D eigenvalue weighted by Gasteiger charge is 2.35. The first-order chi connectivity index (χ1) is 19.4. The average Bonchev–Trinajstić information content (AvgIpc) is 2.92. The molecule has 0 radical (unpaired) electrons. The van der Waals surface area contributed by atoms with Crippen LogP contribution in [0.3, 0.4) is 0 Å². The van der Waals surface area contributed by atoms with Crippen LogP contribution >= 0.6 is 0 Å². The Hall–Kier alpha value is -4.23. The lowest BCUT2D eigenvalue weighted by Crippen LogP contribution is -2.47. The van der Waals surface area contributed by atoms with Crippen molar-refractivity contribution in [1.29, 1.82) is 0 Å². The molecular weight excluding hydrogens is 553 g/mol. The highest BCUT2D eigenvalue weighted by atomic mass is 19.2. The Morgan fingerprint density at radius 1 is 1.00 bits per heavy atom. The van der Waals surface area contributed by atoms with Crippen molar-refractivity contribution in [1.82, 2.24) is 10.2 Å². The van der Waals surface area contributed by atoms with E-state index in [2.05, 4.69) is 5.32 Å². The minimum Gasteiger partial charge on any atom is -0.491 e. The largest absolute Gasteiger partial charge is 0.491 e. The minimum absolute atomic E-state index is 0.00614. The lowest BCUT2D eigenvalue weighted by atomic mass is 9.98. The lowest BCUT2D eigenvalue weighted by molar-refractivity contribution is 0.0534. The number of carbonyl (C=O) groups is 2. The molecule has 1 aliphatic heterocycles. The molecule has 4 rings (SSSR count). The number of benzene rings is 3. The number of amides is 3. The summed E-state index contributed by atoms with van der Waals surface area (Å²) in [6, 6.07) is 5.97. The molecule has 3 amide bonds. The average molecular weight is 580 g/mol. The molecule has 3 aromatic carbocycles. The number of urea groups is 1. The summed E-state index contributed by atoms with van der Waals surface area (Å²) in [5.41, 5.74) is -0.266. The molecule has 0 spiro atoms. The van der Waals surface area contributed by atoms with Crippen LogP contribution in [0.2, 0.25) is 0 Å². The van der Waals surface area contributed by atoms with Crippen LogP contribution in [0.1, 0.15) is 40.0 Å². The topological polar surface area (TPSA) is 102 Å². The van der Waals surface area contributed by atoms with E-state index in [-0.39, 0.29) is 17.0 Å². The van der Waals surface area contributed by atoms with Gasteiger partial charge in [-0.25, -0.2) is 26.7 Å². The Labute approximate surface area is 231 Å². The Kier molecular flexibility index (Phi) is 8.78. The standard InChI is InChI=1S/C28H26F5N3O5/c1-14-19-4-3-15(27(39)34-10-20-22(30)6-16(29)7-23(20)31)5-26(19)36(28(40)35(14)2)11-21-24(32)8-18(9-25(21)33)41-13-17(38)12-37/h3-9,14,17,37-38H,10-13H2,1-2H3,(H,34,39)/t14-,17?/m0/s1. The van der Waals surface area contributed by atoms with Crippen molar-refractivity contribution in [3.05, 3.63) is 93.8 Å². The Morgan fingerprint density at radius 2 is 1.61 bits per heavy atom. The molecule has 3 aromatic rings. The van der Waals surface area contributed by atoms with Crippen molar-refractivity contribution in [2.75, 3.05) is 25.2 Å². The number of fused-ring (bicyclic) bond motifs is 1. The van der Waals surface area contributed by atoms with Crippen LogP contribution in [-0.2, 0) is 13.1 Å². The second-order valence-electron chi connectivity index (χ2n) is 9.47. The minimum atomic E-state index is -1.25. The molecule has 0 aromatic heterocycles. The maximum Gasteiger partial charge on any atom is 0.325 e. The van der Waals surface area contributed by atoms with E-state index in [9.17, 15) is 36.6 Å². The fourth-order valence-electron chi connectivity index (χ4n) is 4.32. The molecule has 0 saturated heterocycles. The lowest BCUT2D eigenvalue weighted by Gasteiger charge is -2.39. The summed E-state index contributed by atoms with van der Waals surface area (Å²) in [7, 11) is 1.51. The van der Waals surface area contributed by atoms with Gasteiger partial charge < -0.3 is 25.2 Å². The second-order valence-corrected chi connectivity index (χ2v) is 9.47. The quantitative estimate of drug-likeness (QED) is 0.331. The molecule has 1 heterocycles. The summed E-state index contributed by atoms with van der Waals surface area (Å²) < 4.78 is 76.2. The maximum absolute atomic E-state index is 15.0. The van der Waals surface area contributed by atoms with Gasteiger partial charge in [0.2, 0.25) is 0 Å². The summed E-state index contributed by atoms with van der Waals surface area (Å²) >= 11 is 0. The van der Waals surface area contributed by atoms with Gasteiger partial charge in [-0.3, -0.25) is 9.69 Å². The number of nitrogens with zero attached hydrogens (tertiary/aromatic N) is 2. The second kappa shape index (κ2) is 12.1. The summed E-state index contributed by atoms with van der Waals surface area (Å²) in [5, 5.41) is 20.6. The van der Waals surface area contributed by atoms with Crippen LogP contribution in [0.5, 0.6) is 5.75 Å². The first-order valence-electron chi connectivity index (χ1n) is 12.4. The number of anilines is 1. The zero-order valence-electron chi connectivity index (χ0n) is 21.9. The van der Waals surface area contributed by atoms with Gasteiger partial charge >= 0.3 is 6.03 Å². The van der Waals surface area contributed by atoms with E-state index in [0.29, 0.717) is 17.7 Å². The Bertz CT molecular complexity index is 1440. The third-order valence-corrected chi connectivity index (χ3v) is 6.76. The summed E-state index contributed by atoms with van der Waals surface area (Å²) in [4.78, 5) is 28.5. The fourth-order valence-corrected chi connectivity index (χ4v) is 4.32. The van der Waals surface area contributed by atoms with E-state index in [1.54, 1.807) is 13.0 Å². The predicted octanol–water partition coefficient (Wildman–Crippen LogP) is 4.18. The molecule has 0 aliphatic carbocycles. The van der Waals surface area contributed by atoms with Gasteiger partial charge in [0.15, 0.2) is 0 Å². The van der Waals surface area contributed by atoms with Gasteiger partial charge in [0.05, 0.1) is 24.9 Å². The van der Waals surface area contributed by atoms with E-state index >= 15 is 0 Å². The van der Waals surface area contributed by atoms with Gasteiger partial charge in [0, 0.05) is 54.5 Å². The molecule has 0 saturated carbocycles. The SMILES string of the molecule is C[C@H]1c2ccc(C(=O)NCc3c(F)cc(F)cc3F)cc2N(Cc2c(F)cc(OCC(O)CO)cc2F)C(=O)N1C. The van der Waals surface area contributed by atoms with Crippen molar-refractivity contribution in [2.24, 2.45) is 0 Å². The number of carbonyl (C=O) groups excluding carboxylic acids is 2. The van der Waals surface area contributed by atoms with Gasteiger partial charge in [-0.05, 0) is 24.6 Å².